The summed E-state index contributed by atoms with van der Waals surface area (Å²) in [6.45, 7) is 2.67. The van der Waals surface area contributed by atoms with Crippen molar-refractivity contribution in [3.05, 3.63) is 60.2 Å². The van der Waals surface area contributed by atoms with E-state index in [1.807, 2.05) is 36.5 Å². The van der Waals surface area contributed by atoms with Gasteiger partial charge in [-0.05, 0) is 24.6 Å². The van der Waals surface area contributed by atoms with Crippen LogP contribution in [0.15, 0.2) is 48.9 Å². The molecular formula is C16H21N3O. The molecule has 0 amide bonds. The molecule has 0 saturated carbocycles. The Morgan fingerprint density at radius 2 is 2.10 bits per heavy atom. The molecule has 0 bridgehead atoms. The first kappa shape index (κ1) is 14.6. The topological polar surface area (TPSA) is 61.0 Å². The predicted octanol–water partition coefficient (Wildman–Crippen LogP) is 2.51. The number of rotatable bonds is 7. The van der Waals surface area contributed by atoms with Gasteiger partial charge in [0.2, 0.25) is 0 Å². The van der Waals surface area contributed by atoms with Gasteiger partial charge in [-0.3, -0.25) is 9.97 Å². The second-order valence-corrected chi connectivity index (χ2v) is 4.72. The molecule has 2 N–H and O–H groups in total. The van der Waals surface area contributed by atoms with Gasteiger partial charge in [-0.2, -0.15) is 0 Å². The van der Waals surface area contributed by atoms with Crippen molar-refractivity contribution in [2.75, 3.05) is 6.61 Å². The van der Waals surface area contributed by atoms with E-state index in [4.69, 9.17) is 10.5 Å². The summed E-state index contributed by atoms with van der Waals surface area (Å²) >= 11 is 0. The predicted molar refractivity (Wildman–Crippen MR) is 79.1 cm³/mol. The lowest BCUT2D eigenvalue weighted by molar-refractivity contribution is 0.0349. The molecule has 0 saturated heterocycles. The van der Waals surface area contributed by atoms with Crippen molar-refractivity contribution in [1.82, 2.24) is 9.97 Å². The van der Waals surface area contributed by atoms with E-state index in [1.165, 1.54) is 0 Å². The van der Waals surface area contributed by atoms with E-state index in [-0.39, 0.29) is 12.1 Å². The van der Waals surface area contributed by atoms with E-state index in [9.17, 15) is 0 Å². The molecule has 106 valence electrons. The zero-order chi connectivity index (χ0) is 14.2. The molecule has 2 unspecified atom stereocenters. The number of nitrogens with zero attached hydrogens (tertiary/aromatic N) is 2. The van der Waals surface area contributed by atoms with E-state index in [2.05, 4.69) is 16.9 Å². The fourth-order valence-electron chi connectivity index (χ4n) is 2.06. The molecule has 0 spiro atoms. The molecule has 0 aromatic carbocycles. The summed E-state index contributed by atoms with van der Waals surface area (Å²) < 4.78 is 5.98. The number of hydrogen-bond acceptors (Lipinski definition) is 4. The van der Waals surface area contributed by atoms with Gasteiger partial charge in [0.25, 0.3) is 0 Å². The highest BCUT2D eigenvalue weighted by atomic mass is 16.5. The molecule has 2 aromatic rings. The quantitative estimate of drug-likeness (QED) is 0.840. The Kier molecular flexibility index (Phi) is 5.65. The fraction of sp³-hybridized carbons (Fsp3) is 0.375. The largest absolute Gasteiger partial charge is 0.371 e. The molecule has 0 aliphatic heterocycles. The minimum absolute atomic E-state index is 0.0251. The number of pyridine rings is 2. The van der Waals surface area contributed by atoms with E-state index in [0.717, 1.165) is 24.1 Å². The Morgan fingerprint density at radius 3 is 2.75 bits per heavy atom. The number of aromatic nitrogens is 2. The van der Waals surface area contributed by atoms with Gasteiger partial charge in [-0.1, -0.05) is 19.1 Å². The Morgan fingerprint density at radius 1 is 1.20 bits per heavy atom. The van der Waals surface area contributed by atoms with Gasteiger partial charge in [-0.25, -0.2) is 0 Å². The van der Waals surface area contributed by atoms with Gasteiger partial charge >= 0.3 is 0 Å². The van der Waals surface area contributed by atoms with Gasteiger partial charge in [0.1, 0.15) is 0 Å². The highest BCUT2D eigenvalue weighted by Gasteiger charge is 2.19. The monoisotopic (exact) mass is 271 g/mol. The average molecular weight is 271 g/mol. The van der Waals surface area contributed by atoms with Crippen LogP contribution >= 0.6 is 0 Å². The normalized spacial score (nSPS) is 13.9. The van der Waals surface area contributed by atoms with Crippen LogP contribution in [0.25, 0.3) is 0 Å². The van der Waals surface area contributed by atoms with Crippen molar-refractivity contribution in [2.24, 2.45) is 5.73 Å². The van der Waals surface area contributed by atoms with Crippen LogP contribution in [0.3, 0.4) is 0 Å². The Labute approximate surface area is 120 Å². The molecule has 4 nitrogen and oxygen atoms in total. The summed E-state index contributed by atoms with van der Waals surface area (Å²) in [5, 5.41) is 0. The van der Waals surface area contributed by atoms with Crippen LogP contribution in [0.2, 0.25) is 0 Å². The minimum atomic E-state index is -0.114. The maximum absolute atomic E-state index is 6.16. The van der Waals surface area contributed by atoms with Crippen molar-refractivity contribution in [3.8, 4) is 0 Å². The molecule has 2 atom stereocenters. The van der Waals surface area contributed by atoms with Gasteiger partial charge in [0.15, 0.2) is 0 Å². The van der Waals surface area contributed by atoms with Gasteiger partial charge in [-0.15, -0.1) is 0 Å². The minimum Gasteiger partial charge on any atom is -0.371 e. The van der Waals surface area contributed by atoms with E-state index >= 15 is 0 Å². The highest BCUT2D eigenvalue weighted by Crippen LogP contribution is 2.21. The molecule has 20 heavy (non-hydrogen) atoms. The molecular weight excluding hydrogens is 250 g/mol. The Balaban J connectivity index is 1.95. The summed E-state index contributed by atoms with van der Waals surface area (Å²) in [7, 11) is 0. The number of hydrogen-bond donors (Lipinski definition) is 1. The lowest BCUT2D eigenvalue weighted by Gasteiger charge is -2.23. The van der Waals surface area contributed by atoms with Gasteiger partial charge in [0, 0.05) is 42.3 Å². The summed E-state index contributed by atoms with van der Waals surface area (Å²) in [6, 6.07) is 9.79. The van der Waals surface area contributed by atoms with Crippen LogP contribution in [0.5, 0.6) is 0 Å². The number of nitrogens with two attached hydrogens (primary N) is 1. The van der Waals surface area contributed by atoms with E-state index < -0.39 is 0 Å². The average Bonchev–Trinajstić information content (AvgIpc) is 2.53. The third kappa shape index (κ3) is 4.11. The summed E-state index contributed by atoms with van der Waals surface area (Å²) in [6.07, 6.45) is 6.91. The van der Waals surface area contributed by atoms with Gasteiger partial charge < -0.3 is 10.5 Å². The molecule has 0 fully saturated rings. The first-order chi connectivity index (χ1) is 9.81. The Hall–Kier alpha value is -1.78. The molecule has 2 heterocycles. The summed E-state index contributed by atoms with van der Waals surface area (Å²) in [5.74, 6) is 0. The highest BCUT2D eigenvalue weighted by molar-refractivity contribution is 5.14. The molecule has 0 radical (unpaired) electrons. The molecule has 0 aliphatic rings. The first-order valence-corrected chi connectivity index (χ1v) is 6.98. The third-order valence-electron chi connectivity index (χ3n) is 3.25. The second kappa shape index (κ2) is 7.72. The van der Waals surface area contributed by atoms with Crippen molar-refractivity contribution < 1.29 is 4.74 Å². The molecule has 0 aliphatic carbocycles. The van der Waals surface area contributed by atoms with Crippen molar-refractivity contribution >= 4 is 0 Å². The fourth-order valence-corrected chi connectivity index (χ4v) is 2.06. The van der Waals surface area contributed by atoms with Crippen molar-refractivity contribution in [3.63, 3.8) is 0 Å². The smallest absolute Gasteiger partial charge is 0.0990 e. The van der Waals surface area contributed by atoms with E-state index in [1.54, 1.807) is 12.4 Å². The second-order valence-electron chi connectivity index (χ2n) is 4.72. The van der Waals surface area contributed by atoms with Crippen molar-refractivity contribution in [2.45, 2.75) is 31.9 Å². The van der Waals surface area contributed by atoms with Crippen LogP contribution in [0.1, 0.15) is 30.7 Å². The lowest BCUT2D eigenvalue weighted by atomic mass is 10.0. The molecule has 2 rings (SSSR count). The van der Waals surface area contributed by atoms with Crippen molar-refractivity contribution in [1.29, 1.82) is 0 Å². The first-order valence-electron chi connectivity index (χ1n) is 6.98. The zero-order valence-corrected chi connectivity index (χ0v) is 11.8. The maximum atomic E-state index is 6.16. The lowest BCUT2D eigenvalue weighted by Crippen LogP contribution is -2.30. The van der Waals surface area contributed by atoms with Crippen LogP contribution in [-0.4, -0.2) is 22.6 Å². The van der Waals surface area contributed by atoms with Gasteiger partial charge in [0.05, 0.1) is 12.7 Å². The van der Waals surface area contributed by atoms with Crippen LogP contribution in [0, 0.1) is 0 Å². The van der Waals surface area contributed by atoms with Crippen LogP contribution in [-0.2, 0) is 11.2 Å². The zero-order valence-electron chi connectivity index (χ0n) is 11.8. The molecule has 4 heteroatoms. The standard InChI is InChI=1S/C16H21N3O/c1-2-15(17)16(13-6-5-9-18-12-13)20-11-8-14-7-3-4-10-19-14/h3-7,9-10,12,15-16H,2,8,11,17H2,1H3. The summed E-state index contributed by atoms with van der Waals surface area (Å²) in [5.41, 5.74) is 8.22. The van der Waals surface area contributed by atoms with E-state index in [0.29, 0.717) is 6.61 Å². The van der Waals surface area contributed by atoms with Crippen LogP contribution in [0.4, 0.5) is 0 Å². The Bertz CT molecular complexity index is 490. The third-order valence-corrected chi connectivity index (χ3v) is 3.25. The SMILES string of the molecule is CCC(N)C(OCCc1ccccn1)c1cccnc1. The number of ether oxygens (including phenoxy) is 1. The maximum Gasteiger partial charge on any atom is 0.0990 e. The molecule has 2 aromatic heterocycles. The summed E-state index contributed by atoms with van der Waals surface area (Å²) in [4.78, 5) is 8.43. The van der Waals surface area contributed by atoms with Crippen LogP contribution < -0.4 is 5.73 Å².